The lowest BCUT2D eigenvalue weighted by molar-refractivity contribution is -0.384. The van der Waals surface area contributed by atoms with Crippen molar-refractivity contribution < 1.29 is 14.5 Å². The Morgan fingerprint density at radius 2 is 2.05 bits per heavy atom. The van der Waals surface area contributed by atoms with Crippen LogP contribution in [0, 0.1) is 10.1 Å². The Labute approximate surface area is 128 Å². The molecule has 0 unspecified atom stereocenters. The zero-order valence-electron chi connectivity index (χ0n) is 12.7. The largest absolute Gasteiger partial charge is 0.484 e. The molecule has 0 bridgehead atoms. The zero-order chi connectivity index (χ0) is 15.9. The number of amides is 1. The highest BCUT2D eigenvalue weighted by Crippen LogP contribution is 2.40. The fourth-order valence-electron chi connectivity index (χ4n) is 2.95. The average molecular weight is 305 g/mol. The van der Waals surface area contributed by atoms with E-state index in [1.807, 2.05) is 18.9 Å². The first-order valence-corrected chi connectivity index (χ1v) is 7.43. The molecule has 0 saturated carbocycles. The number of anilines is 1. The number of nitro groups is 1. The monoisotopic (exact) mass is 305 g/mol. The second-order valence-corrected chi connectivity index (χ2v) is 6.30. The first-order valence-electron chi connectivity index (χ1n) is 7.43. The summed E-state index contributed by atoms with van der Waals surface area (Å²) in [5.74, 6) is 0.627. The lowest BCUT2D eigenvalue weighted by atomic mass is 10.1. The van der Waals surface area contributed by atoms with E-state index in [2.05, 4.69) is 0 Å². The van der Waals surface area contributed by atoms with Gasteiger partial charge in [-0.2, -0.15) is 0 Å². The number of nitro benzene ring substituents is 1. The number of hydrogen-bond acceptors (Lipinski definition) is 5. The van der Waals surface area contributed by atoms with Crippen molar-refractivity contribution in [3.05, 3.63) is 28.3 Å². The van der Waals surface area contributed by atoms with Gasteiger partial charge >= 0.3 is 0 Å². The van der Waals surface area contributed by atoms with Crippen LogP contribution in [0.5, 0.6) is 5.75 Å². The topological polar surface area (TPSA) is 75.9 Å². The summed E-state index contributed by atoms with van der Waals surface area (Å²) in [7, 11) is 0. The van der Waals surface area contributed by atoms with E-state index >= 15 is 0 Å². The van der Waals surface area contributed by atoms with Gasteiger partial charge in [0.2, 0.25) is 5.91 Å². The van der Waals surface area contributed by atoms with Crippen LogP contribution in [0.1, 0.15) is 33.1 Å². The van der Waals surface area contributed by atoms with Gasteiger partial charge < -0.3 is 4.74 Å². The van der Waals surface area contributed by atoms with Crippen LogP contribution in [-0.4, -0.2) is 34.5 Å². The van der Waals surface area contributed by atoms with Gasteiger partial charge in [0.05, 0.1) is 11.5 Å². The molecule has 1 aromatic rings. The van der Waals surface area contributed by atoms with E-state index in [0.717, 1.165) is 12.8 Å². The number of nitrogens with zero attached hydrogens (tertiary/aromatic N) is 3. The summed E-state index contributed by atoms with van der Waals surface area (Å²) in [5.41, 5.74) is 0.112. The molecule has 0 N–H and O–H groups in total. The lowest BCUT2D eigenvalue weighted by Gasteiger charge is -2.46. The molecule has 3 rings (SSSR count). The van der Waals surface area contributed by atoms with Crippen molar-refractivity contribution in [1.29, 1.82) is 0 Å². The van der Waals surface area contributed by atoms with Crippen LogP contribution in [0.2, 0.25) is 0 Å². The highest BCUT2D eigenvalue weighted by Gasteiger charge is 2.37. The fourth-order valence-corrected chi connectivity index (χ4v) is 2.95. The van der Waals surface area contributed by atoms with E-state index in [1.54, 1.807) is 11.1 Å². The van der Waals surface area contributed by atoms with Crippen LogP contribution >= 0.6 is 0 Å². The summed E-state index contributed by atoms with van der Waals surface area (Å²) in [6, 6.07) is 4.51. The number of hydrogen-bond donors (Lipinski definition) is 0. The number of benzene rings is 1. The SMILES string of the molecule is CC1(C)CN(N2CCCCC2=O)c2cc([N+](=O)[O-])ccc2O1. The molecule has 22 heavy (non-hydrogen) atoms. The maximum atomic E-state index is 12.2. The third-order valence-corrected chi connectivity index (χ3v) is 3.94. The number of hydrazine groups is 1. The Morgan fingerprint density at radius 1 is 1.27 bits per heavy atom. The van der Waals surface area contributed by atoms with Gasteiger partial charge in [-0.25, -0.2) is 0 Å². The van der Waals surface area contributed by atoms with Gasteiger partial charge in [-0.15, -0.1) is 0 Å². The molecule has 2 aliphatic heterocycles. The summed E-state index contributed by atoms with van der Waals surface area (Å²) in [6.07, 6.45) is 2.35. The van der Waals surface area contributed by atoms with Gasteiger partial charge in [-0.1, -0.05) is 0 Å². The van der Waals surface area contributed by atoms with Crippen molar-refractivity contribution in [2.24, 2.45) is 0 Å². The Kier molecular flexibility index (Phi) is 3.42. The second kappa shape index (κ2) is 5.15. The van der Waals surface area contributed by atoms with Crippen LogP contribution in [0.25, 0.3) is 0 Å². The second-order valence-electron chi connectivity index (χ2n) is 6.30. The molecular weight excluding hydrogens is 286 g/mol. The van der Waals surface area contributed by atoms with Crippen molar-refractivity contribution in [2.75, 3.05) is 18.1 Å². The number of ether oxygens (including phenoxy) is 1. The number of rotatable bonds is 2. The maximum Gasteiger partial charge on any atom is 0.271 e. The van der Waals surface area contributed by atoms with Crippen LogP contribution in [-0.2, 0) is 4.79 Å². The Hall–Kier alpha value is -2.31. The summed E-state index contributed by atoms with van der Waals surface area (Å²) >= 11 is 0. The molecule has 2 aliphatic rings. The van der Waals surface area contributed by atoms with Crippen molar-refractivity contribution in [3.63, 3.8) is 0 Å². The fraction of sp³-hybridized carbons (Fsp3) is 0.533. The van der Waals surface area contributed by atoms with Gasteiger partial charge in [-0.05, 0) is 32.8 Å². The molecule has 7 heteroatoms. The summed E-state index contributed by atoms with van der Waals surface area (Å²) in [5, 5.41) is 14.6. The normalized spacial score (nSPS) is 20.4. The predicted molar refractivity (Wildman–Crippen MR) is 80.7 cm³/mol. The number of carbonyl (C=O) groups excluding carboxylic acids is 1. The van der Waals surface area contributed by atoms with E-state index in [1.165, 1.54) is 12.1 Å². The third kappa shape index (κ3) is 2.58. The van der Waals surface area contributed by atoms with Gasteiger partial charge in [0.1, 0.15) is 17.0 Å². The highest BCUT2D eigenvalue weighted by molar-refractivity contribution is 5.80. The smallest absolute Gasteiger partial charge is 0.271 e. The predicted octanol–water partition coefficient (Wildman–Crippen LogP) is 2.50. The van der Waals surface area contributed by atoms with Gasteiger partial charge in [-0.3, -0.25) is 24.9 Å². The Morgan fingerprint density at radius 3 is 2.73 bits per heavy atom. The summed E-state index contributed by atoms with van der Waals surface area (Å²) in [6.45, 7) is 5.00. The van der Waals surface area contributed by atoms with Crippen molar-refractivity contribution in [1.82, 2.24) is 5.01 Å². The van der Waals surface area contributed by atoms with Crippen molar-refractivity contribution in [3.8, 4) is 5.75 Å². The number of carbonyl (C=O) groups is 1. The van der Waals surface area contributed by atoms with Crippen LogP contribution < -0.4 is 9.75 Å². The molecule has 0 aromatic heterocycles. The first-order chi connectivity index (χ1) is 10.4. The van der Waals surface area contributed by atoms with Crippen molar-refractivity contribution in [2.45, 2.75) is 38.7 Å². The Balaban J connectivity index is 2.04. The minimum atomic E-state index is -0.471. The summed E-state index contributed by atoms with van der Waals surface area (Å²) in [4.78, 5) is 22.8. The molecule has 0 aliphatic carbocycles. The van der Waals surface area contributed by atoms with Crippen molar-refractivity contribution >= 4 is 17.3 Å². The molecule has 0 atom stereocenters. The third-order valence-electron chi connectivity index (χ3n) is 3.94. The summed E-state index contributed by atoms with van der Waals surface area (Å²) < 4.78 is 5.91. The molecule has 1 saturated heterocycles. The molecule has 0 spiro atoms. The van der Waals surface area contributed by atoms with Gasteiger partial charge in [0.15, 0.2) is 0 Å². The molecule has 7 nitrogen and oxygen atoms in total. The van der Waals surface area contributed by atoms with Crippen LogP contribution in [0.15, 0.2) is 18.2 Å². The Bertz CT molecular complexity index is 629. The van der Waals surface area contributed by atoms with E-state index in [9.17, 15) is 14.9 Å². The standard InChI is InChI=1S/C15H19N3O4/c1-15(2)10-17(16-8-4-3-5-14(16)19)12-9-11(18(20)21)6-7-13(12)22-15/h6-7,9H,3-5,8,10H2,1-2H3. The quantitative estimate of drug-likeness (QED) is 0.620. The zero-order valence-corrected chi connectivity index (χ0v) is 12.7. The average Bonchev–Trinajstić information content (AvgIpc) is 2.45. The molecular formula is C15H19N3O4. The molecule has 1 aromatic carbocycles. The van der Waals surface area contributed by atoms with Crippen LogP contribution in [0.3, 0.4) is 0 Å². The van der Waals surface area contributed by atoms with Gasteiger partial charge in [0, 0.05) is 25.1 Å². The number of fused-ring (bicyclic) bond motifs is 1. The minimum Gasteiger partial charge on any atom is -0.484 e. The van der Waals surface area contributed by atoms with Gasteiger partial charge in [0.25, 0.3) is 5.69 Å². The molecule has 2 heterocycles. The molecule has 1 fully saturated rings. The first kappa shape index (κ1) is 14.6. The van der Waals surface area contributed by atoms with E-state index in [-0.39, 0.29) is 11.6 Å². The molecule has 0 radical (unpaired) electrons. The maximum absolute atomic E-state index is 12.2. The molecule has 118 valence electrons. The lowest BCUT2D eigenvalue weighted by Crippen LogP contribution is -2.57. The number of piperidine rings is 1. The minimum absolute atomic E-state index is 0.00323. The van der Waals surface area contributed by atoms with E-state index < -0.39 is 10.5 Å². The number of non-ortho nitro benzene ring substituents is 1. The molecule has 1 amide bonds. The van der Waals surface area contributed by atoms with E-state index in [0.29, 0.717) is 30.9 Å². The van der Waals surface area contributed by atoms with E-state index in [4.69, 9.17) is 4.74 Å². The van der Waals surface area contributed by atoms with Crippen LogP contribution in [0.4, 0.5) is 11.4 Å². The highest BCUT2D eigenvalue weighted by atomic mass is 16.6.